The standard InChI is InChI=1S/C21H20Cl2FN3O3/c22-15-8-19-20(9-16(15)23)30-14(11-29-19)10-26-5-3-13(4-6-26)27-18-2-1-12(24)7-17(18)25-21(27)28/h1-2,7-9,13-14H,3-6,10-11H2,(H,25,28). The summed E-state index contributed by atoms with van der Waals surface area (Å²) in [5, 5.41) is 0.874. The Labute approximate surface area is 182 Å². The molecule has 0 spiro atoms. The Balaban J connectivity index is 1.23. The molecule has 1 saturated heterocycles. The number of likely N-dealkylation sites (tertiary alicyclic amines) is 1. The van der Waals surface area contributed by atoms with Gasteiger partial charge in [0, 0.05) is 37.8 Å². The van der Waals surface area contributed by atoms with Gasteiger partial charge in [0.2, 0.25) is 0 Å². The Bertz CT molecular complexity index is 1150. The summed E-state index contributed by atoms with van der Waals surface area (Å²) < 4.78 is 27.1. The van der Waals surface area contributed by atoms with Crippen molar-refractivity contribution in [3.8, 4) is 11.5 Å². The number of benzene rings is 2. The first-order chi connectivity index (χ1) is 14.5. The third-order valence-electron chi connectivity index (χ3n) is 5.77. The number of imidazole rings is 1. The molecule has 3 aromatic rings. The third-order valence-corrected chi connectivity index (χ3v) is 6.49. The van der Waals surface area contributed by atoms with Crippen LogP contribution in [0.15, 0.2) is 35.1 Å². The zero-order valence-corrected chi connectivity index (χ0v) is 17.5. The number of piperidine rings is 1. The van der Waals surface area contributed by atoms with E-state index in [2.05, 4.69) is 9.88 Å². The quantitative estimate of drug-likeness (QED) is 0.646. The zero-order valence-electron chi connectivity index (χ0n) is 16.0. The van der Waals surface area contributed by atoms with Crippen LogP contribution >= 0.6 is 23.2 Å². The topological polar surface area (TPSA) is 59.5 Å². The second-order valence-electron chi connectivity index (χ2n) is 7.76. The molecule has 0 saturated carbocycles. The zero-order chi connectivity index (χ0) is 20.8. The fraction of sp³-hybridized carbons (Fsp3) is 0.381. The Morgan fingerprint density at radius 2 is 1.83 bits per heavy atom. The van der Waals surface area contributed by atoms with Crippen molar-refractivity contribution < 1.29 is 13.9 Å². The molecular formula is C21H20Cl2FN3O3. The summed E-state index contributed by atoms with van der Waals surface area (Å²) in [6.45, 7) is 2.83. The maximum absolute atomic E-state index is 13.5. The lowest BCUT2D eigenvalue weighted by atomic mass is 10.0. The number of nitrogens with zero attached hydrogens (tertiary/aromatic N) is 2. The van der Waals surface area contributed by atoms with E-state index >= 15 is 0 Å². The van der Waals surface area contributed by atoms with E-state index in [1.807, 2.05) is 0 Å². The smallest absolute Gasteiger partial charge is 0.326 e. The SMILES string of the molecule is O=c1[nH]c2cc(F)ccc2n1C1CCN(CC2COc3cc(Cl)c(Cl)cc3O2)CC1. The van der Waals surface area contributed by atoms with Crippen LogP contribution in [0.5, 0.6) is 11.5 Å². The number of aromatic nitrogens is 2. The highest BCUT2D eigenvalue weighted by Crippen LogP contribution is 2.39. The fourth-order valence-electron chi connectivity index (χ4n) is 4.32. The van der Waals surface area contributed by atoms with Gasteiger partial charge in [-0.25, -0.2) is 9.18 Å². The van der Waals surface area contributed by atoms with Gasteiger partial charge in [-0.15, -0.1) is 0 Å². The average molecular weight is 452 g/mol. The monoisotopic (exact) mass is 451 g/mol. The third kappa shape index (κ3) is 3.66. The van der Waals surface area contributed by atoms with Gasteiger partial charge < -0.3 is 14.5 Å². The molecule has 1 atom stereocenters. The van der Waals surface area contributed by atoms with E-state index in [1.165, 1.54) is 12.1 Å². The van der Waals surface area contributed by atoms with Crippen molar-refractivity contribution in [1.29, 1.82) is 0 Å². The predicted molar refractivity (Wildman–Crippen MR) is 114 cm³/mol. The number of ether oxygens (including phenoxy) is 2. The van der Waals surface area contributed by atoms with Crippen LogP contribution in [0, 0.1) is 5.82 Å². The largest absolute Gasteiger partial charge is 0.486 e. The van der Waals surface area contributed by atoms with Crippen molar-refractivity contribution >= 4 is 34.2 Å². The summed E-state index contributed by atoms with van der Waals surface area (Å²) in [5.41, 5.74) is 1.09. The van der Waals surface area contributed by atoms with E-state index in [1.54, 1.807) is 22.8 Å². The molecule has 1 fully saturated rings. The van der Waals surface area contributed by atoms with E-state index in [0.29, 0.717) is 33.7 Å². The Morgan fingerprint density at radius 1 is 1.10 bits per heavy atom. The maximum atomic E-state index is 13.5. The van der Waals surface area contributed by atoms with E-state index in [9.17, 15) is 9.18 Å². The molecular weight excluding hydrogens is 432 g/mol. The molecule has 9 heteroatoms. The Kier molecular flexibility index (Phi) is 5.13. The van der Waals surface area contributed by atoms with Gasteiger partial charge in [-0.3, -0.25) is 9.47 Å². The van der Waals surface area contributed by atoms with E-state index in [4.69, 9.17) is 32.7 Å². The second kappa shape index (κ2) is 7.80. The van der Waals surface area contributed by atoms with Gasteiger partial charge in [-0.1, -0.05) is 23.2 Å². The highest BCUT2D eigenvalue weighted by Gasteiger charge is 2.28. The van der Waals surface area contributed by atoms with Crippen LogP contribution in [-0.2, 0) is 0 Å². The molecule has 2 aromatic carbocycles. The van der Waals surface area contributed by atoms with Crippen molar-refractivity contribution in [3.63, 3.8) is 0 Å². The molecule has 5 rings (SSSR count). The lowest BCUT2D eigenvalue weighted by molar-refractivity contribution is 0.0485. The van der Waals surface area contributed by atoms with Crippen molar-refractivity contribution in [2.75, 3.05) is 26.2 Å². The molecule has 2 aliphatic rings. The summed E-state index contributed by atoms with van der Waals surface area (Å²) in [6.07, 6.45) is 1.55. The highest BCUT2D eigenvalue weighted by molar-refractivity contribution is 6.42. The number of aromatic amines is 1. The van der Waals surface area contributed by atoms with Gasteiger partial charge in [0.15, 0.2) is 11.5 Å². The first kappa shape index (κ1) is 19.7. The maximum Gasteiger partial charge on any atom is 0.326 e. The number of halogens is 3. The normalized spacial score (nSPS) is 20.0. The van der Waals surface area contributed by atoms with Crippen molar-refractivity contribution in [2.45, 2.75) is 25.0 Å². The number of fused-ring (bicyclic) bond motifs is 2. The molecule has 0 radical (unpaired) electrons. The van der Waals surface area contributed by atoms with Gasteiger partial charge in [0.25, 0.3) is 0 Å². The minimum Gasteiger partial charge on any atom is -0.486 e. The summed E-state index contributed by atoms with van der Waals surface area (Å²) >= 11 is 12.1. The van der Waals surface area contributed by atoms with Gasteiger partial charge in [0.1, 0.15) is 18.5 Å². The highest BCUT2D eigenvalue weighted by atomic mass is 35.5. The molecule has 0 amide bonds. The van der Waals surface area contributed by atoms with Crippen molar-refractivity contribution in [2.24, 2.45) is 0 Å². The van der Waals surface area contributed by atoms with Crippen LogP contribution in [0.1, 0.15) is 18.9 Å². The molecule has 30 heavy (non-hydrogen) atoms. The first-order valence-electron chi connectivity index (χ1n) is 9.88. The van der Waals surface area contributed by atoms with Crippen molar-refractivity contribution in [1.82, 2.24) is 14.5 Å². The minimum atomic E-state index is -0.356. The average Bonchev–Trinajstić information content (AvgIpc) is 3.04. The van der Waals surface area contributed by atoms with E-state index in [-0.39, 0.29) is 23.7 Å². The predicted octanol–water partition coefficient (Wildman–Crippen LogP) is 4.25. The molecule has 2 aliphatic heterocycles. The Hall–Kier alpha value is -2.22. The van der Waals surface area contributed by atoms with Crippen LogP contribution < -0.4 is 15.2 Å². The molecule has 0 bridgehead atoms. The van der Waals surface area contributed by atoms with Gasteiger partial charge in [-0.2, -0.15) is 0 Å². The van der Waals surface area contributed by atoms with Crippen LogP contribution in [0.3, 0.4) is 0 Å². The lowest BCUT2D eigenvalue weighted by Gasteiger charge is -2.36. The van der Waals surface area contributed by atoms with Crippen LogP contribution in [0.2, 0.25) is 10.0 Å². The number of hydrogen-bond acceptors (Lipinski definition) is 4. The summed E-state index contributed by atoms with van der Waals surface area (Å²) in [4.78, 5) is 17.5. The second-order valence-corrected chi connectivity index (χ2v) is 8.57. The molecule has 1 unspecified atom stereocenters. The van der Waals surface area contributed by atoms with Crippen LogP contribution in [0.25, 0.3) is 11.0 Å². The van der Waals surface area contributed by atoms with E-state index < -0.39 is 0 Å². The Morgan fingerprint density at radius 3 is 2.60 bits per heavy atom. The number of H-pyrrole nitrogens is 1. The molecule has 158 valence electrons. The molecule has 6 nitrogen and oxygen atoms in total. The van der Waals surface area contributed by atoms with Gasteiger partial charge >= 0.3 is 5.69 Å². The van der Waals surface area contributed by atoms with Crippen LogP contribution in [-0.4, -0.2) is 46.8 Å². The van der Waals surface area contributed by atoms with Crippen molar-refractivity contribution in [3.05, 3.63) is 56.7 Å². The summed E-state index contributed by atoms with van der Waals surface area (Å²) in [7, 11) is 0. The number of hydrogen-bond donors (Lipinski definition) is 1. The van der Waals surface area contributed by atoms with Gasteiger partial charge in [-0.05, 0) is 31.0 Å². The molecule has 0 aliphatic carbocycles. The lowest BCUT2D eigenvalue weighted by Crippen LogP contribution is -2.45. The van der Waals surface area contributed by atoms with Crippen LogP contribution in [0.4, 0.5) is 4.39 Å². The fourth-order valence-corrected chi connectivity index (χ4v) is 4.62. The summed E-state index contributed by atoms with van der Waals surface area (Å²) in [5.74, 6) is 0.855. The minimum absolute atomic E-state index is 0.0816. The molecule has 3 heterocycles. The number of rotatable bonds is 3. The first-order valence-corrected chi connectivity index (χ1v) is 10.6. The number of nitrogens with one attached hydrogen (secondary N) is 1. The summed E-state index contributed by atoms with van der Waals surface area (Å²) in [6, 6.07) is 7.85. The van der Waals surface area contributed by atoms with E-state index in [0.717, 1.165) is 38.0 Å². The molecule has 1 N–H and O–H groups in total. The molecule has 1 aromatic heterocycles. The van der Waals surface area contributed by atoms with Gasteiger partial charge in [0.05, 0.1) is 21.1 Å².